The van der Waals surface area contributed by atoms with Crippen LogP contribution in [-0.2, 0) is 0 Å². The second-order valence-corrected chi connectivity index (χ2v) is 8.97. The lowest BCUT2D eigenvalue weighted by molar-refractivity contribution is 0.0958. The molecule has 0 bridgehead atoms. The summed E-state index contributed by atoms with van der Waals surface area (Å²) in [6.07, 6.45) is 5.29. The molecule has 1 saturated heterocycles. The summed E-state index contributed by atoms with van der Waals surface area (Å²) in [7, 11) is 1.60. The van der Waals surface area contributed by atoms with E-state index in [0.717, 1.165) is 43.8 Å². The zero-order valence-corrected chi connectivity index (χ0v) is 17.9. The maximum Gasteiger partial charge on any atom is 0.269 e. The SMILES string of the molecule is CCC(C)(C)C1CCC(N2CCN(c3ccc(C(=O)NC)nc3Cl)CC2)C1. The number of carbonyl (C=O) groups excluding carboxylic acids is 1. The number of aromatic nitrogens is 1. The summed E-state index contributed by atoms with van der Waals surface area (Å²) in [4.78, 5) is 20.9. The van der Waals surface area contributed by atoms with Gasteiger partial charge >= 0.3 is 0 Å². The van der Waals surface area contributed by atoms with Crippen molar-refractivity contribution >= 4 is 23.2 Å². The molecular weight excluding hydrogens is 360 g/mol. The van der Waals surface area contributed by atoms with Gasteiger partial charge in [0, 0.05) is 39.3 Å². The zero-order valence-electron chi connectivity index (χ0n) is 17.1. The number of rotatable bonds is 5. The van der Waals surface area contributed by atoms with Crippen LogP contribution < -0.4 is 10.2 Å². The molecule has 0 aromatic carbocycles. The summed E-state index contributed by atoms with van der Waals surface area (Å²) in [6, 6.07) is 4.40. The topological polar surface area (TPSA) is 48.5 Å². The number of anilines is 1. The lowest BCUT2D eigenvalue weighted by Crippen LogP contribution is -2.50. The van der Waals surface area contributed by atoms with E-state index in [0.29, 0.717) is 16.3 Å². The Morgan fingerprint density at radius 2 is 1.96 bits per heavy atom. The molecule has 2 fully saturated rings. The van der Waals surface area contributed by atoms with E-state index in [1.54, 1.807) is 13.1 Å². The van der Waals surface area contributed by atoms with Gasteiger partial charge in [0.2, 0.25) is 0 Å². The highest BCUT2D eigenvalue weighted by Gasteiger charge is 2.37. The Morgan fingerprint density at radius 3 is 2.56 bits per heavy atom. The number of hydrogen-bond acceptors (Lipinski definition) is 4. The summed E-state index contributed by atoms with van der Waals surface area (Å²) < 4.78 is 0. The van der Waals surface area contributed by atoms with Crippen molar-refractivity contribution in [1.29, 1.82) is 0 Å². The minimum atomic E-state index is -0.209. The lowest BCUT2D eigenvalue weighted by atomic mass is 9.76. The van der Waals surface area contributed by atoms with Crippen LogP contribution in [0.5, 0.6) is 0 Å². The van der Waals surface area contributed by atoms with E-state index in [1.807, 2.05) is 6.07 Å². The van der Waals surface area contributed by atoms with Crippen LogP contribution in [0, 0.1) is 11.3 Å². The van der Waals surface area contributed by atoms with Crippen LogP contribution in [0.15, 0.2) is 12.1 Å². The summed E-state index contributed by atoms with van der Waals surface area (Å²) >= 11 is 6.37. The molecular formula is C21H33ClN4O. The number of nitrogens with zero attached hydrogens (tertiary/aromatic N) is 3. The first-order valence-electron chi connectivity index (χ1n) is 10.2. The second kappa shape index (κ2) is 8.36. The van der Waals surface area contributed by atoms with Crippen LogP contribution in [-0.4, -0.2) is 55.1 Å². The number of pyridine rings is 1. The molecule has 5 nitrogen and oxygen atoms in total. The molecule has 0 spiro atoms. The third-order valence-corrected chi connectivity index (χ3v) is 7.16. The Bertz CT molecular complexity index is 670. The van der Waals surface area contributed by atoms with Gasteiger partial charge < -0.3 is 10.2 Å². The van der Waals surface area contributed by atoms with Crippen molar-refractivity contribution in [3.8, 4) is 0 Å². The van der Waals surface area contributed by atoms with Gasteiger partial charge in [0.25, 0.3) is 5.91 Å². The van der Waals surface area contributed by atoms with E-state index >= 15 is 0 Å². The van der Waals surface area contributed by atoms with Gasteiger partial charge in [0.15, 0.2) is 5.15 Å². The Morgan fingerprint density at radius 1 is 1.26 bits per heavy atom. The minimum absolute atomic E-state index is 0.209. The van der Waals surface area contributed by atoms with Gasteiger partial charge in [-0.05, 0) is 42.7 Å². The molecule has 1 aliphatic heterocycles. The van der Waals surface area contributed by atoms with Crippen molar-refractivity contribution in [3.05, 3.63) is 23.0 Å². The average molecular weight is 393 g/mol. The highest BCUT2D eigenvalue weighted by Crippen LogP contribution is 2.43. The molecule has 1 N–H and O–H groups in total. The van der Waals surface area contributed by atoms with Gasteiger partial charge in [-0.1, -0.05) is 38.8 Å². The van der Waals surface area contributed by atoms with Crippen LogP contribution in [0.1, 0.15) is 56.9 Å². The van der Waals surface area contributed by atoms with Crippen molar-refractivity contribution < 1.29 is 4.79 Å². The van der Waals surface area contributed by atoms with Crippen molar-refractivity contribution in [3.63, 3.8) is 0 Å². The molecule has 1 amide bonds. The highest BCUT2D eigenvalue weighted by molar-refractivity contribution is 6.32. The van der Waals surface area contributed by atoms with Gasteiger partial charge in [-0.25, -0.2) is 4.98 Å². The van der Waals surface area contributed by atoms with Crippen molar-refractivity contribution in [2.45, 2.75) is 52.5 Å². The summed E-state index contributed by atoms with van der Waals surface area (Å²) in [5.74, 6) is 0.639. The van der Waals surface area contributed by atoms with E-state index in [1.165, 1.54) is 25.7 Å². The molecule has 2 heterocycles. The van der Waals surface area contributed by atoms with E-state index < -0.39 is 0 Å². The van der Waals surface area contributed by atoms with E-state index in [9.17, 15) is 4.79 Å². The molecule has 0 radical (unpaired) electrons. The first kappa shape index (κ1) is 20.4. The molecule has 3 rings (SSSR count). The number of amides is 1. The molecule has 1 aliphatic carbocycles. The number of hydrogen-bond donors (Lipinski definition) is 1. The number of carbonyl (C=O) groups is 1. The summed E-state index contributed by atoms with van der Waals surface area (Å²) in [5, 5.41) is 2.99. The van der Waals surface area contributed by atoms with Crippen LogP contribution >= 0.6 is 11.6 Å². The van der Waals surface area contributed by atoms with Crippen LogP contribution in [0.3, 0.4) is 0 Å². The molecule has 2 atom stereocenters. The van der Waals surface area contributed by atoms with E-state index in [4.69, 9.17) is 11.6 Å². The first-order valence-corrected chi connectivity index (χ1v) is 10.6. The highest BCUT2D eigenvalue weighted by atomic mass is 35.5. The Balaban J connectivity index is 1.57. The number of halogens is 1. The first-order chi connectivity index (χ1) is 12.9. The lowest BCUT2D eigenvalue weighted by Gasteiger charge is -2.40. The van der Waals surface area contributed by atoms with Crippen molar-refractivity contribution in [1.82, 2.24) is 15.2 Å². The molecule has 1 aromatic heterocycles. The molecule has 150 valence electrons. The predicted octanol–water partition coefficient (Wildman–Crippen LogP) is 3.82. The average Bonchev–Trinajstić information content (AvgIpc) is 3.18. The van der Waals surface area contributed by atoms with Crippen molar-refractivity contribution in [2.75, 3.05) is 38.1 Å². The quantitative estimate of drug-likeness (QED) is 0.774. The van der Waals surface area contributed by atoms with Gasteiger partial charge in [-0.3, -0.25) is 9.69 Å². The predicted molar refractivity (Wildman–Crippen MR) is 112 cm³/mol. The third-order valence-electron chi connectivity index (χ3n) is 6.88. The van der Waals surface area contributed by atoms with Crippen LogP contribution in [0.2, 0.25) is 5.15 Å². The Labute approximate surface area is 168 Å². The smallest absolute Gasteiger partial charge is 0.269 e. The standard InChI is InChI=1S/C21H33ClN4O/c1-5-21(2,3)15-6-7-16(14-15)25-10-12-26(13-11-25)18-9-8-17(20(27)23-4)24-19(18)22/h8-9,15-16H,5-7,10-14H2,1-4H3,(H,23,27). The van der Waals surface area contributed by atoms with Gasteiger partial charge in [0.05, 0.1) is 5.69 Å². The number of nitrogens with one attached hydrogen (secondary N) is 1. The zero-order chi connectivity index (χ0) is 19.6. The largest absolute Gasteiger partial charge is 0.366 e. The molecule has 1 saturated carbocycles. The maximum absolute atomic E-state index is 11.7. The molecule has 2 unspecified atom stereocenters. The van der Waals surface area contributed by atoms with Gasteiger partial charge in [-0.2, -0.15) is 0 Å². The maximum atomic E-state index is 11.7. The summed E-state index contributed by atoms with van der Waals surface area (Å²) in [5.41, 5.74) is 1.75. The Hall–Kier alpha value is -1.33. The molecule has 6 heteroatoms. The fraction of sp³-hybridized carbons (Fsp3) is 0.714. The second-order valence-electron chi connectivity index (χ2n) is 8.61. The summed E-state index contributed by atoms with van der Waals surface area (Å²) in [6.45, 7) is 11.2. The van der Waals surface area contributed by atoms with Gasteiger partial charge in [0.1, 0.15) is 5.69 Å². The van der Waals surface area contributed by atoms with E-state index in [-0.39, 0.29) is 5.91 Å². The van der Waals surface area contributed by atoms with Crippen LogP contribution in [0.25, 0.3) is 0 Å². The van der Waals surface area contributed by atoms with Crippen molar-refractivity contribution in [2.24, 2.45) is 11.3 Å². The fourth-order valence-electron chi connectivity index (χ4n) is 4.53. The third kappa shape index (κ3) is 4.40. The Kier molecular flexibility index (Phi) is 6.32. The molecule has 1 aromatic rings. The molecule has 27 heavy (non-hydrogen) atoms. The number of piperazine rings is 1. The minimum Gasteiger partial charge on any atom is -0.366 e. The van der Waals surface area contributed by atoms with Crippen LogP contribution in [0.4, 0.5) is 5.69 Å². The monoisotopic (exact) mass is 392 g/mol. The van der Waals surface area contributed by atoms with Gasteiger partial charge in [-0.15, -0.1) is 0 Å². The molecule has 2 aliphatic rings. The fourth-order valence-corrected chi connectivity index (χ4v) is 4.81. The van der Waals surface area contributed by atoms with E-state index in [2.05, 4.69) is 40.9 Å². The normalized spacial score (nSPS) is 24.3.